The standard InChI is InChI=1S/C20H21N3O4S/c24-17(21-15-8-9-15)14-7-3-6-13(10-14)16-11-28-19(22-16)23-20(26)27-18(25)12-4-1-2-5-12/h3,6-7,10-12,15H,1-2,4-5,8-9H2,(H,21,24)(H,22,23,26). The van der Waals surface area contributed by atoms with Crippen molar-refractivity contribution < 1.29 is 19.1 Å². The minimum absolute atomic E-state index is 0.0908. The van der Waals surface area contributed by atoms with E-state index in [2.05, 4.69) is 15.6 Å². The van der Waals surface area contributed by atoms with Gasteiger partial charge >= 0.3 is 12.1 Å². The van der Waals surface area contributed by atoms with E-state index in [0.29, 0.717) is 22.4 Å². The first kappa shape index (κ1) is 18.6. The van der Waals surface area contributed by atoms with Gasteiger partial charge in [-0.15, -0.1) is 11.3 Å². The number of nitrogens with one attached hydrogen (secondary N) is 2. The predicted molar refractivity (Wildman–Crippen MR) is 105 cm³/mol. The quantitative estimate of drug-likeness (QED) is 0.586. The van der Waals surface area contributed by atoms with Gasteiger partial charge in [0.2, 0.25) is 0 Å². The van der Waals surface area contributed by atoms with Crippen LogP contribution in [0.4, 0.5) is 9.93 Å². The van der Waals surface area contributed by atoms with Gasteiger partial charge < -0.3 is 10.1 Å². The molecule has 2 aliphatic rings. The second kappa shape index (κ2) is 8.10. The summed E-state index contributed by atoms with van der Waals surface area (Å²) in [5.74, 6) is -0.741. The summed E-state index contributed by atoms with van der Waals surface area (Å²) >= 11 is 1.23. The smallest absolute Gasteiger partial charge is 0.376 e. The van der Waals surface area contributed by atoms with Gasteiger partial charge in [0.25, 0.3) is 5.91 Å². The summed E-state index contributed by atoms with van der Waals surface area (Å²) in [6.07, 6.45) is 4.80. The highest BCUT2D eigenvalue weighted by Gasteiger charge is 2.26. The molecule has 1 aromatic heterocycles. The molecule has 0 bridgehead atoms. The predicted octanol–water partition coefficient (Wildman–Crippen LogP) is 3.97. The average Bonchev–Trinajstić information content (AvgIpc) is 3.15. The van der Waals surface area contributed by atoms with E-state index in [0.717, 1.165) is 44.1 Å². The number of aromatic nitrogens is 1. The van der Waals surface area contributed by atoms with Crippen molar-refractivity contribution in [3.05, 3.63) is 35.2 Å². The molecule has 146 valence electrons. The van der Waals surface area contributed by atoms with Crippen LogP contribution in [-0.2, 0) is 9.53 Å². The average molecular weight is 399 g/mol. The van der Waals surface area contributed by atoms with Crippen molar-refractivity contribution in [1.82, 2.24) is 10.3 Å². The van der Waals surface area contributed by atoms with E-state index < -0.39 is 12.1 Å². The Morgan fingerprint density at radius 3 is 2.64 bits per heavy atom. The van der Waals surface area contributed by atoms with Gasteiger partial charge in [0.15, 0.2) is 5.13 Å². The monoisotopic (exact) mass is 399 g/mol. The molecule has 2 N–H and O–H groups in total. The number of esters is 1. The van der Waals surface area contributed by atoms with Crippen LogP contribution in [0.1, 0.15) is 48.9 Å². The number of thiazole rings is 1. The molecule has 2 aliphatic carbocycles. The molecular formula is C20H21N3O4S. The summed E-state index contributed by atoms with van der Waals surface area (Å²) in [5, 5.41) is 7.59. The first-order chi connectivity index (χ1) is 13.6. The number of amides is 2. The van der Waals surface area contributed by atoms with E-state index in [9.17, 15) is 14.4 Å². The van der Waals surface area contributed by atoms with Crippen LogP contribution in [0.3, 0.4) is 0 Å². The lowest BCUT2D eigenvalue weighted by Crippen LogP contribution is -2.25. The number of rotatable bonds is 5. The maximum atomic E-state index is 12.2. The Hall–Kier alpha value is -2.74. The summed E-state index contributed by atoms with van der Waals surface area (Å²) in [6, 6.07) is 7.49. The Morgan fingerprint density at radius 2 is 1.89 bits per heavy atom. The van der Waals surface area contributed by atoms with E-state index in [1.165, 1.54) is 11.3 Å². The number of benzene rings is 1. The molecule has 0 saturated heterocycles. The number of hydrogen-bond acceptors (Lipinski definition) is 6. The molecule has 0 radical (unpaired) electrons. The lowest BCUT2D eigenvalue weighted by Gasteiger charge is -2.07. The minimum atomic E-state index is -0.810. The van der Waals surface area contributed by atoms with Gasteiger partial charge in [0.1, 0.15) is 0 Å². The highest BCUT2D eigenvalue weighted by molar-refractivity contribution is 7.14. The van der Waals surface area contributed by atoms with Crippen LogP contribution in [-0.4, -0.2) is 29.0 Å². The normalized spacial score (nSPS) is 16.6. The molecule has 4 rings (SSSR count). The molecular weight excluding hydrogens is 378 g/mol. The largest absolute Gasteiger partial charge is 0.421 e. The van der Waals surface area contributed by atoms with E-state index >= 15 is 0 Å². The number of hydrogen-bond donors (Lipinski definition) is 2. The molecule has 7 nitrogen and oxygen atoms in total. The molecule has 28 heavy (non-hydrogen) atoms. The number of anilines is 1. The fraction of sp³-hybridized carbons (Fsp3) is 0.400. The zero-order chi connectivity index (χ0) is 19.5. The summed E-state index contributed by atoms with van der Waals surface area (Å²) in [7, 11) is 0. The zero-order valence-electron chi connectivity index (χ0n) is 15.3. The highest BCUT2D eigenvalue weighted by atomic mass is 32.1. The molecule has 0 spiro atoms. The van der Waals surface area contributed by atoms with Crippen LogP contribution in [0, 0.1) is 5.92 Å². The Balaban J connectivity index is 1.37. The molecule has 2 amide bonds. The van der Waals surface area contributed by atoms with Gasteiger partial charge in [0, 0.05) is 22.5 Å². The lowest BCUT2D eigenvalue weighted by molar-refractivity contribution is -0.141. The fourth-order valence-electron chi connectivity index (χ4n) is 3.23. The SMILES string of the molecule is O=C(Nc1nc(-c2cccc(C(=O)NC3CC3)c2)cs1)OC(=O)C1CCCC1. The van der Waals surface area contributed by atoms with E-state index in [-0.39, 0.29) is 11.8 Å². The van der Waals surface area contributed by atoms with Crippen LogP contribution in [0.15, 0.2) is 29.6 Å². The fourth-order valence-corrected chi connectivity index (χ4v) is 3.93. The van der Waals surface area contributed by atoms with Crippen molar-refractivity contribution in [1.29, 1.82) is 0 Å². The van der Waals surface area contributed by atoms with Gasteiger partial charge in [-0.2, -0.15) is 0 Å². The minimum Gasteiger partial charge on any atom is -0.376 e. The molecule has 2 saturated carbocycles. The third-order valence-electron chi connectivity index (χ3n) is 4.93. The van der Waals surface area contributed by atoms with Crippen LogP contribution < -0.4 is 10.6 Å². The summed E-state index contributed by atoms with van der Waals surface area (Å²) in [5.41, 5.74) is 2.00. The van der Waals surface area contributed by atoms with Gasteiger partial charge in [0.05, 0.1) is 11.6 Å². The van der Waals surface area contributed by atoms with Crippen LogP contribution in [0.25, 0.3) is 11.3 Å². The van der Waals surface area contributed by atoms with Crippen molar-refractivity contribution in [2.24, 2.45) is 5.92 Å². The van der Waals surface area contributed by atoms with E-state index in [1.54, 1.807) is 23.6 Å². The van der Waals surface area contributed by atoms with Crippen LogP contribution >= 0.6 is 11.3 Å². The van der Waals surface area contributed by atoms with Crippen LogP contribution in [0.5, 0.6) is 0 Å². The topological polar surface area (TPSA) is 97.4 Å². The molecule has 8 heteroatoms. The van der Waals surface area contributed by atoms with Gasteiger partial charge in [-0.1, -0.05) is 25.0 Å². The van der Waals surface area contributed by atoms with Crippen molar-refractivity contribution in [2.75, 3.05) is 5.32 Å². The van der Waals surface area contributed by atoms with E-state index in [1.807, 2.05) is 6.07 Å². The molecule has 2 aromatic rings. The molecule has 0 aliphatic heterocycles. The van der Waals surface area contributed by atoms with Crippen molar-refractivity contribution in [3.8, 4) is 11.3 Å². The summed E-state index contributed by atoms with van der Waals surface area (Å²) < 4.78 is 4.87. The lowest BCUT2D eigenvalue weighted by atomic mass is 10.1. The Bertz CT molecular complexity index is 900. The maximum Gasteiger partial charge on any atom is 0.421 e. The Labute approximate surface area is 166 Å². The number of carbonyl (C=O) groups is 3. The van der Waals surface area contributed by atoms with Crippen molar-refractivity contribution in [2.45, 2.75) is 44.6 Å². The molecule has 0 unspecified atom stereocenters. The Morgan fingerprint density at radius 1 is 1.11 bits per heavy atom. The second-order valence-corrected chi connectivity index (χ2v) is 8.04. The first-order valence-electron chi connectivity index (χ1n) is 9.48. The molecule has 1 aromatic carbocycles. The van der Waals surface area contributed by atoms with Crippen molar-refractivity contribution in [3.63, 3.8) is 0 Å². The molecule has 0 atom stereocenters. The third-order valence-corrected chi connectivity index (χ3v) is 5.69. The molecule has 1 heterocycles. The molecule has 2 fully saturated rings. The van der Waals surface area contributed by atoms with Crippen LogP contribution in [0.2, 0.25) is 0 Å². The van der Waals surface area contributed by atoms with Gasteiger partial charge in [-0.3, -0.25) is 14.9 Å². The maximum absolute atomic E-state index is 12.2. The number of ether oxygens (including phenoxy) is 1. The summed E-state index contributed by atoms with van der Waals surface area (Å²) in [6.45, 7) is 0. The highest BCUT2D eigenvalue weighted by Crippen LogP contribution is 2.28. The Kier molecular flexibility index (Phi) is 5.38. The first-order valence-corrected chi connectivity index (χ1v) is 10.4. The number of nitrogens with zero attached hydrogens (tertiary/aromatic N) is 1. The van der Waals surface area contributed by atoms with Crippen molar-refractivity contribution >= 4 is 34.4 Å². The number of carbonyl (C=O) groups excluding carboxylic acids is 3. The van der Waals surface area contributed by atoms with Gasteiger partial charge in [-0.05, 0) is 37.8 Å². The third kappa shape index (κ3) is 4.56. The van der Waals surface area contributed by atoms with E-state index in [4.69, 9.17) is 4.74 Å². The van der Waals surface area contributed by atoms with Gasteiger partial charge in [-0.25, -0.2) is 9.78 Å². The zero-order valence-corrected chi connectivity index (χ0v) is 16.1. The summed E-state index contributed by atoms with van der Waals surface area (Å²) in [4.78, 5) is 40.4. The second-order valence-electron chi connectivity index (χ2n) is 7.18.